The highest BCUT2D eigenvalue weighted by Gasteiger charge is 2.14. The van der Waals surface area contributed by atoms with Crippen LogP contribution in [0.3, 0.4) is 0 Å². The van der Waals surface area contributed by atoms with Gasteiger partial charge in [-0.05, 0) is 13.3 Å². The van der Waals surface area contributed by atoms with Crippen molar-refractivity contribution in [3.63, 3.8) is 0 Å². The zero-order valence-electron chi connectivity index (χ0n) is 7.33. The van der Waals surface area contributed by atoms with Crippen molar-refractivity contribution in [2.45, 2.75) is 33.3 Å². The molecule has 0 amide bonds. The zero-order valence-corrected chi connectivity index (χ0v) is 8.23. The molecule has 0 aliphatic carbocycles. The van der Waals surface area contributed by atoms with Gasteiger partial charge in [0.15, 0.2) is 0 Å². The second-order valence-corrected chi connectivity index (χ2v) is 3.10. The predicted octanol–water partition coefficient (Wildman–Crippen LogP) is 1.89. The number of hydrogen-bond donors (Lipinski definition) is 1. The normalized spacial score (nSPS) is 15.6. The molecule has 0 saturated heterocycles. The van der Waals surface area contributed by atoms with Gasteiger partial charge in [-0.15, -0.1) is 0 Å². The van der Waals surface area contributed by atoms with Crippen LogP contribution in [0.2, 0.25) is 0 Å². The molecule has 0 radical (unpaired) electrons. The Labute approximate surface area is 73.7 Å². The van der Waals surface area contributed by atoms with Crippen molar-refractivity contribution in [3.8, 4) is 0 Å². The van der Waals surface area contributed by atoms with Crippen LogP contribution in [-0.4, -0.2) is 17.8 Å². The molecule has 0 heterocycles. The molecule has 0 bridgehead atoms. The van der Waals surface area contributed by atoms with Gasteiger partial charge < -0.3 is 4.74 Å². The third kappa shape index (κ3) is 4.30. The monoisotopic (exact) mass is 176 g/mol. The van der Waals surface area contributed by atoms with Crippen LogP contribution in [-0.2, 0) is 9.53 Å². The molecule has 2 atom stereocenters. The molecule has 0 N–H and O–H groups in total. The molecule has 66 valence electrons. The minimum absolute atomic E-state index is 0.0114. The number of ether oxygens (including phenoxy) is 1. The Morgan fingerprint density at radius 3 is 2.45 bits per heavy atom. The summed E-state index contributed by atoms with van der Waals surface area (Å²) in [5.74, 6) is 0.480. The largest absolute Gasteiger partial charge is 0.462 e. The van der Waals surface area contributed by atoms with Gasteiger partial charge >= 0.3 is 5.97 Å². The first-order valence-corrected chi connectivity index (χ1v) is 4.56. The Morgan fingerprint density at radius 2 is 2.09 bits per heavy atom. The predicted molar refractivity (Wildman–Crippen MR) is 48.9 cm³/mol. The Hall–Kier alpha value is -0.180. The second kappa shape index (κ2) is 5.47. The van der Waals surface area contributed by atoms with Gasteiger partial charge in [0.1, 0.15) is 6.10 Å². The van der Waals surface area contributed by atoms with Crippen molar-refractivity contribution in [2.75, 3.05) is 5.75 Å². The molecule has 0 aromatic rings. The minimum Gasteiger partial charge on any atom is -0.462 e. The van der Waals surface area contributed by atoms with E-state index in [4.69, 9.17) is 4.74 Å². The van der Waals surface area contributed by atoms with Crippen LogP contribution in [0, 0.1) is 5.92 Å². The van der Waals surface area contributed by atoms with Gasteiger partial charge in [-0.2, -0.15) is 12.6 Å². The van der Waals surface area contributed by atoms with E-state index in [1.807, 2.05) is 20.8 Å². The highest BCUT2D eigenvalue weighted by Crippen LogP contribution is 2.05. The van der Waals surface area contributed by atoms with Crippen LogP contribution in [0.4, 0.5) is 0 Å². The molecule has 2 nitrogen and oxygen atoms in total. The summed E-state index contributed by atoms with van der Waals surface area (Å²) in [7, 11) is 0. The van der Waals surface area contributed by atoms with Gasteiger partial charge in [-0.25, -0.2) is 0 Å². The maximum absolute atomic E-state index is 11.1. The van der Waals surface area contributed by atoms with E-state index >= 15 is 0 Å². The van der Waals surface area contributed by atoms with E-state index in [9.17, 15) is 4.79 Å². The summed E-state index contributed by atoms with van der Waals surface area (Å²) in [5, 5.41) is 0. The summed E-state index contributed by atoms with van der Waals surface area (Å²) in [5.41, 5.74) is 0. The van der Waals surface area contributed by atoms with Crippen LogP contribution < -0.4 is 0 Å². The number of carbonyl (C=O) groups is 1. The van der Waals surface area contributed by atoms with Crippen LogP contribution in [0.15, 0.2) is 0 Å². The number of carbonyl (C=O) groups excluding carboxylic acids is 1. The lowest BCUT2D eigenvalue weighted by Crippen LogP contribution is -2.21. The van der Waals surface area contributed by atoms with E-state index in [0.29, 0.717) is 5.75 Å². The number of hydrogen-bond acceptors (Lipinski definition) is 3. The van der Waals surface area contributed by atoms with Crippen molar-refractivity contribution >= 4 is 18.6 Å². The lowest BCUT2D eigenvalue weighted by molar-refractivity contribution is -0.151. The Kier molecular flexibility index (Phi) is 5.38. The van der Waals surface area contributed by atoms with E-state index < -0.39 is 0 Å². The number of esters is 1. The first-order chi connectivity index (χ1) is 5.11. The van der Waals surface area contributed by atoms with Crippen LogP contribution in [0.25, 0.3) is 0 Å². The summed E-state index contributed by atoms with van der Waals surface area (Å²) in [6, 6.07) is 0. The van der Waals surface area contributed by atoms with E-state index in [1.54, 1.807) is 0 Å². The second-order valence-electron chi connectivity index (χ2n) is 2.74. The van der Waals surface area contributed by atoms with E-state index in [-0.39, 0.29) is 18.0 Å². The summed E-state index contributed by atoms with van der Waals surface area (Å²) in [6.07, 6.45) is 0.762. The fourth-order valence-corrected chi connectivity index (χ4v) is 0.593. The van der Waals surface area contributed by atoms with Gasteiger partial charge in [0.05, 0.1) is 5.92 Å². The first kappa shape index (κ1) is 10.8. The Balaban J connectivity index is 3.68. The molecule has 11 heavy (non-hydrogen) atoms. The van der Waals surface area contributed by atoms with Crippen molar-refractivity contribution in [3.05, 3.63) is 0 Å². The molecular weight excluding hydrogens is 160 g/mol. The average Bonchev–Trinajstić information content (AvgIpc) is 2.02. The molecule has 3 heteroatoms. The average molecular weight is 176 g/mol. The lowest BCUT2D eigenvalue weighted by atomic mass is 10.1. The molecule has 0 spiro atoms. The topological polar surface area (TPSA) is 26.3 Å². The quantitative estimate of drug-likeness (QED) is 0.523. The van der Waals surface area contributed by atoms with Gasteiger partial charge in [-0.3, -0.25) is 4.79 Å². The zero-order chi connectivity index (χ0) is 8.85. The van der Waals surface area contributed by atoms with E-state index in [0.717, 1.165) is 6.42 Å². The fourth-order valence-electron chi connectivity index (χ4n) is 0.518. The smallest absolute Gasteiger partial charge is 0.308 e. The number of thiol groups is 1. The third-order valence-electron chi connectivity index (χ3n) is 1.59. The van der Waals surface area contributed by atoms with Crippen molar-refractivity contribution in [2.24, 2.45) is 5.92 Å². The van der Waals surface area contributed by atoms with Crippen LogP contribution in [0.1, 0.15) is 27.2 Å². The third-order valence-corrected chi connectivity index (χ3v) is 2.10. The van der Waals surface area contributed by atoms with E-state index in [1.165, 1.54) is 0 Å². The first-order valence-electron chi connectivity index (χ1n) is 3.93. The van der Waals surface area contributed by atoms with Crippen LogP contribution in [0.5, 0.6) is 0 Å². The summed E-state index contributed by atoms with van der Waals surface area (Å²) >= 11 is 4.01. The highest BCUT2D eigenvalue weighted by atomic mass is 32.1. The molecule has 0 aromatic heterocycles. The van der Waals surface area contributed by atoms with Gasteiger partial charge in [-0.1, -0.05) is 13.8 Å². The standard InChI is InChI=1S/C8H16O2S/c1-4-6(2)8(9)10-7(3)5-11/h6-7,11H,4-5H2,1-3H3. The Morgan fingerprint density at radius 1 is 1.55 bits per heavy atom. The highest BCUT2D eigenvalue weighted by molar-refractivity contribution is 7.80. The van der Waals surface area contributed by atoms with Crippen molar-refractivity contribution in [1.29, 1.82) is 0 Å². The van der Waals surface area contributed by atoms with Crippen molar-refractivity contribution in [1.82, 2.24) is 0 Å². The number of rotatable bonds is 4. The maximum Gasteiger partial charge on any atom is 0.308 e. The summed E-state index contributed by atoms with van der Waals surface area (Å²) in [4.78, 5) is 11.1. The molecular formula is C8H16O2S. The van der Waals surface area contributed by atoms with Gasteiger partial charge in [0.2, 0.25) is 0 Å². The van der Waals surface area contributed by atoms with E-state index in [2.05, 4.69) is 12.6 Å². The molecule has 0 aromatic carbocycles. The summed E-state index contributed by atoms with van der Waals surface area (Å²) < 4.78 is 5.04. The molecule has 2 unspecified atom stereocenters. The van der Waals surface area contributed by atoms with Gasteiger partial charge in [0, 0.05) is 5.75 Å². The Bertz CT molecular complexity index is 125. The van der Waals surface area contributed by atoms with Crippen LogP contribution >= 0.6 is 12.6 Å². The minimum atomic E-state index is -0.117. The van der Waals surface area contributed by atoms with Crippen molar-refractivity contribution < 1.29 is 9.53 Å². The summed E-state index contributed by atoms with van der Waals surface area (Å²) in [6.45, 7) is 5.68. The SMILES string of the molecule is CCC(C)C(=O)OC(C)CS. The lowest BCUT2D eigenvalue weighted by Gasteiger charge is -2.13. The molecule has 0 aliphatic rings. The molecule has 0 rings (SSSR count). The maximum atomic E-state index is 11.1. The molecule has 0 aliphatic heterocycles. The molecule has 0 fully saturated rings. The fraction of sp³-hybridized carbons (Fsp3) is 0.875. The molecule has 0 saturated carbocycles. The van der Waals surface area contributed by atoms with Gasteiger partial charge in [0.25, 0.3) is 0 Å².